The lowest BCUT2D eigenvalue weighted by molar-refractivity contribution is -0.384. The summed E-state index contributed by atoms with van der Waals surface area (Å²) in [5, 5.41) is 17.3. The van der Waals surface area contributed by atoms with Gasteiger partial charge < -0.3 is 0 Å². The summed E-state index contributed by atoms with van der Waals surface area (Å²) in [4.78, 5) is 17.2. The molecule has 1 aromatic heterocycles. The van der Waals surface area contributed by atoms with Gasteiger partial charge in [0.2, 0.25) is 10.0 Å². The van der Waals surface area contributed by atoms with Gasteiger partial charge in [-0.05, 0) is 22.9 Å². The van der Waals surface area contributed by atoms with Crippen LogP contribution >= 0.6 is 0 Å². The van der Waals surface area contributed by atoms with Crippen LogP contribution < -0.4 is 0 Å². The molecule has 1 saturated heterocycles. The molecule has 10 nitrogen and oxygen atoms in total. The Labute approximate surface area is 196 Å². The van der Waals surface area contributed by atoms with Crippen molar-refractivity contribution in [3.8, 4) is 11.4 Å². The van der Waals surface area contributed by atoms with E-state index in [-0.39, 0.29) is 5.69 Å². The lowest BCUT2D eigenvalue weighted by Gasteiger charge is -2.33. The number of sulfonamides is 1. The van der Waals surface area contributed by atoms with Gasteiger partial charge in [0.15, 0.2) is 5.82 Å². The molecule has 11 heteroatoms. The van der Waals surface area contributed by atoms with Crippen LogP contribution in [0.15, 0.2) is 78.0 Å². The molecule has 174 valence electrons. The minimum absolute atomic E-state index is 0.0161. The quantitative estimate of drug-likeness (QED) is 0.309. The molecule has 1 aliphatic rings. The third-order valence-corrected chi connectivity index (χ3v) is 7.78. The molecule has 0 unspecified atom stereocenters. The molecule has 0 N–H and O–H groups in total. The highest BCUT2D eigenvalue weighted by atomic mass is 32.2. The van der Waals surface area contributed by atoms with Gasteiger partial charge in [0.25, 0.3) is 5.69 Å². The maximum absolute atomic E-state index is 13.2. The molecule has 0 atom stereocenters. The van der Waals surface area contributed by atoms with Crippen LogP contribution in [0.25, 0.3) is 22.2 Å². The molecule has 0 saturated carbocycles. The van der Waals surface area contributed by atoms with Gasteiger partial charge in [-0.1, -0.05) is 42.5 Å². The predicted molar refractivity (Wildman–Crippen MR) is 126 cm³/mol. The van der Waals surface area contributed by atoms with E-state index in [1.165, 1.54) is 16.4 Å². The van der Waals surface area contributed by atoms with Crippen molar-refractivity contribution >= 4 is 26.5 Å². The second-order valence-corrected chi connectivity index (χ2v) is 10.0. The summed E-state index contributed by atoms with van der Waals surface area (Å²) in [6.45, 7) is 2.31. The number of rotatable bonds is 6. The zero-order chi connectivity index (χ0) is 23.7. The Bertz CT molecular complexity index is 1460. The molecule has 3 aromatic carbocycles. The van der Waals surface area contributed by atoms with Crippen molar-refractivity contribution < 1.29 is 13.3 Å². The monoisotopic (exact) mass is 478 g/mol. The molecule has 1 fully saturated rings. The topological polar surface area (TPSA) is 114 Å². The summed E-state index contributed by atoms with van der Waals surface area (Å²) in [7, 11) is -3.58. The number of benzene rings is 3. The Hall–Kier alpha value is -3.67. The number of non-ortho nitro benzene ring substituents is 1. The summed E-state index contributed by atoms with van der Waals surface area (Å²) < 4.78 is 29.5. The smallest absolute Gasteiger partial charge is 0.270 e. The van der Waals surface area contributed by atoms with E-state index in [2.05, 4.69) is 15.0 Å². The van der Waals surface area contributed by atoms with Crippen LogP contribution in [-0.2, 0) is 16.7 Å². The van der Waals surface area contributed by atoms with Crippen LogP contribution in [0.2, 0.25) is 0 Å². The third-order valence-electron chi connectivity index (χ3n) is 5.89. The fraction of sp³-hybridized carbons (Fsp3) is 0.217. The Morgan fingerprint density at radius 1 is 0.912 bits per heavy atom. The average Bonchev–Trinajstić information content (AvgIpc) is 3.32. The molecular formula is C23H22N6O4S. The van der Waals surface area contributed by atoms with Crippen molar-refractivity contribution in [2.24, 2.45) is 0 Å². The molecule has 5 rings (SSSR count). The minimum atomic E-state index is -3.58. The number of fused-ring (bicyclic) bond motifs is 1. The zero-order valence-corrected chi connectivity index (χ0v) is 19.0. The molecule has 0 radical (unpaired) electrons. The van der Waals surface area contributed by atoms with E-state index in [1.807, 2.05) is 30.3 Å². The lowest BCUT2D eigenvalue weighted by atomic mass is 10.1. The van der Waals surface area contributed by atoms with E-state index < -0.39 is 14.9 Å². The van der Waals surface area contributed by atoms with Gasteiger partial charge >= 0.3 is 0 Å². The first-order chi connectivity index (χ1) is 16.4. The third kappa shape index (κ3) is 4.40. The van der Waals surface area contributed by atoms with Crippen LogP contribution in [0.5, 0.6) is 0 Å². The molecule has 0 amide bonds. The van der Waals surface area contributed by atoms with Gasteiger partial charge in [-0.3, -0.25) is 15.0 Å². The Kier molecular flexibility index (Phi) is 5.82. The highest BCUT2D eigenvalue weighted by Gasteiger charge is 2.28. The molecule has 0 spiro atoms. The highest BCUT2D eigenvalue weighted by Crippen LogP contribution is 2.23. The first-order valence-corrected chi connectivity index (χ1v) is 12.2. The minimum Gasteiger partial charge on any atom is -0.282 e. The predicted octanol–water partition coefficient (Wildman–Crippen LogP) is 2.97. The van der Waals surface area contributed by atoms with E-state index in [4.69, 9.17) is 0 Å². The van der Waals surface area contributed by atoms with Gasteiger partial charge in [-0.2, -0.15) is 4.31 Å². The first kappa shape index (κ1) is 22.1. The van der Waals surface area contributed by atoms with Gasteiger partial charge in [0.05, 0.1) is 16.5 Å². The summed E-state index contributed by atoms with van der Waals surface area (Å²) >= 11 is 0. The number of nitro groups is 1. The number of nitrogens with zero attached hydrogens (tertiary/aromatic N) is 6. The average molecular weight is 479 g/mol. The molecule has 34 heavy (non-hydrogen) atoms. The molecule has 0 bridgehead atoms. The van der Waals surface area contributed by atoms with Crippen LogP contribution in [0.3, 0.4) is 0 Å². The summed E-state index contributed by atoms with van der Waals surface area (Å²) in [5.74, 6) is 0.404. The Morgan fingerprint density at radius 3 is 2.44 bits per heavy atom. The van der Waals surface area contributed by atoms with E-state index in [0.29, 0.717) is 49.1 Å². The van der Waals surface area contributed by atoms with Crippen LogP contribution in [-0.4, -0.2) is 63.5 Å². The SMILES string of the molecule is O=[N+]([O-])c1cccc(-c2ncn(CN3CCN(S(=O)(=O)c4ccc5ccccc5c4)CC3)n2)c1. The van der Waals surface area contributed by atoms with Crippen molar-refractivity contribution in [1.29, 1.82) is 0 Å². The normalized spacial score (nSPS) is 15.5. The number of nitro benzene ring substituents is 1. The van der Waals surface area contributed by atoms with Gasteiger partial charge in [0, 0.05) is 43.9 Å². The first-order valence-electron chi connectivity index (χ1n) is 10.8. The molecule has 4 aromatic rings. The van der Waals surface area contributed by atoms with Gasteiger partial charge in [0.1, 0.15) is 6.33 Å². The van der Waals surface area contributed by atoms with Gasteiger partial charge in [-0.15, -0.1) is 5.10 Å². The molecule has 0 aliphatic carbocycles. The fourth-order valence-corrected chi connectivity index (χ4v) is 5.50. The summed E-state index contributed by atoms with van der Waals surface area (Å²) in [5.41, 5.74) is 0.553. The van der Waals surface area contributed by atoms with Crippen molar-refractivity contribution in [1.82, 2.24) is 24.0 Å². The summed E-state index contributed by atoms with van der Waals surface area (Å²) in [6, 6.07) is 19.1. The van der Waals surface area contributed by atoms with Crippen LogP contribution in [0, 0.1) is 10.1 Å². The molecular weight excluding hydrogens is 456 g/mol. The van der Waals surface area contributed by atoms with E-state index in [1.54, 1.807) is 35.3 Å². The second kappa shape index (κ2) is 8.93. The standard InChI is InChI=1S/C23H22N6O4S/c30-29(31)21-7-3-6-20(14-21)23-24-16-27(25-23)17-26-10-12-28(13-11-26)34(32,33)22-9-8-18-4-1-2-5-19(18)15-22/h1-9,14-16H,10-13,17H2. The van der Waals surface area contributed by atoms with Crippen molar-refractivity contribution in [2.75, 3.05) is 26.2 Å². The largest absolute Gasteiger partial charge is 0.282 e. The fourth-order valence-electron chi connectivity index (χ4n) is 4.05. The van der Waals surface area contributed by atoms with E-state index >= 15 is 0 Å². The number of aromatic nitrogens is 3. The number of piperazine rings is 1. The van der Waals surface area contributed by atoms with E-state index in [9.17, 15) is 18.5 Å². The second-order valence-electron chi connectivity index (χ2n) is 8.09. The Morgan fingerprint density at radius 2 is 1.68 bits per heavy atom. The van der Waals surface area contributed by atoms with Crippen molar-refractivity contribution in [2.45, 2.75) is 11.6 Å². The maximum Gasteiger partial charge on any atom is 0.270 e. The highest BCUT2D eigenvalue weighted by molar-refractivity contribution is 7.89. The van der Waals surface area contributed by atoms with Crippen LogP contribution in [0.4, 0.5) is 5.69 Å². The molecule has 1 aliphatic heterocycles. The molecule has 2 heterocycles. The number of hydrogen-bond donors (Lipinski definition) is 0. The van der Waals surface area contributed by atoms with E-state index in [0.717, 1.165) is 10.8 Å². The Balaban J connectivity index is 1.23. The van der Waals surface area contributed by atoms with Crippen molar-refractivity contribution in [3.05, 3.63) is 83.2 Å². The summed E-state index contributed by atoms with van der Waals surface area (Å²) in [6.07, 6.45) is 1.58. The lowest BCUT2D eigenvalue weighted by Crippen LogP contribution is -2.48. The maximum atomic E-state index is 13.2. The zero-order valence-electron chi connectivity index (χ0n) is 18.2. The number of hydrogen-bond acceptors (Lipinski definition) is 7. The van der Waals surface area contributed by atoms with Gasteiger partial charge in [-0.25, -0.2) is 18.1 Å². The van der Waals surface area contributed by atoms with Crippen molar-refractivity contribution in [3.63, 3.8) is 0 Å². The van der Waals surface area contributed by atoms with Crippen LogP contribution in [0.1, 0.15) is 0 Å².